The van der Waals surface area contributed by atoms with Gasteiger partial charge in [-0.25, -0.2) is 0 Å². The lowest BCUT2D eigenvalue weighted by molar-refractivity contribution is 0.101. The van der Waals surface area contributed by atoms with Gasteiger partial charge in [0.1, 0.15) is 5.84 Å². The number of anilines is 2. The molecule has 6 heteroatoms. The lowest BCUT2D eigenvalue weighted by Gasteiger charge is -2.19. The number of nitrogen functional groups attached to an aromatic ring is 1. The molecule has 158 valence electrons. The van der Waals surface area contributed by atoms with Crippen LogP contribution in [0, 0.1) is 5.41 Å². The average Bonchev–Trinajstić information content (AvgIpc) is 2.74. The molecule has 3 aromatic carbocycles. The van der Waals surface area contributed by atoms with Gasteiger partial charge in [-0.2, -0.15) is 0 Å². The molecule has 0 atom stereocenters. The van der Waals surface area contributed by atoms with E-state index in [1.807, 2.05) is 12.1 Å². The Morgan fingerprint density at radius 1 is 0.710 bits per heavy atom. The Morgan fingerprint density at radius 3 is 1.48 bits per heavy atom. The zero-order valence-electron chi connectivity index (χ0n) is 17.8. The minimum absolute atomic E-state index is 0.00844. The molecule has 0 aromatic heterocycles. The van der Waals surface area contributed by atoms with E-state index < -0.39 is 0 Å². The zero-order chi connectivity index (χ0) is 22.6. The lowest BCUT2D eigenvalue weighted by atomic mass is 9.87. The highest BCUT2D eigenvalue weighted by atomic mass is 16.2. The van der Waals surface area contributed by atoms with Crippen molar-refractivity contribution in [1.29, 1.82) is 5.41 Å². The fourth-order valence-electron chi connectivity index (χ4n) is 3.01. The normalized spacial score (nSPS) is 10.9. The third kappa shape index (κ3) is 5.36. The maximum atomic E-state index is 12.7. The summed E-state index contributed by atoms with van der Waals surface area (Å²) in [4.78, 5) is 25.4. The van der Waals surface area contributed by atoms with E-state index in [-0.39, 0.29) is 23.1 Å². The Labute approximate surface area is 182 Å². The number of rotatable bonds is 5. The van der Waals surface area contributed by atoms with Crippen LogP contribution < -0.4 is 16.4 Å². The highest BCUT2D eigenvalue weighted by Crippen LogP contribution is 2.25. The summed E-state index contributed by atoms with van der Waals surface area (Å²) in [7, 11) is 0. The smallest absolute Gasteiger partial charge is 0.255 e. The van der Waals surface area contributed by atoms with Gasteiger partial charge < -0.3 is 16.4 Å². The van der Waals surface area contributed by atoms with Gasteiger partial charge in [0.2, 0.25) is 0 Å². The van der Waals surface area contributed by atoms with E-state index in [2.05, 4.69) is 31.4 Å². The number of hydrogen-bond acceptors (Lipinski definition) is 3. The summed E-state index contributed by atoms with van der Waals surface area (Å²) in [5.41, 5.74) is 9.09. The molecule has 0 unspecified atom stereocenters. The fourth-order valence-corrected chi connectivity index (χ4v) is 3.01. The first-order chi connectivity index (χ1) is 14.6. The van der Waals surface area contributed by atoms with E-state index >= 15 is 0 Å². The molecule has 0 spiro atoms. The molecule has 5 N–H and O–H groups in total. The number of amidine groups is 1. The number of carbonyl (C=O) groups is 2. The van der Waals surface area contributed by atoms with Gasteiger partial charge in [-0.15, -0.1) is 0 Å². The van der Waals surface area contributed by atoms with Crippen molar-refractivity contribution >= 4 is 29.0 Å². The number of nitrogens with two attached hydrogens (primary N) is 1. The molecule has 3 aromatic rings. The van der Waals surface area contributed by atoms with Crippen LogP contribution in [0.1, 0.15) is 52.6 Å². The first-order valence-electron chi connectivity index (χ1n) is 9.92. The molecule has 0 radical (unpaired) electrons. The summed E-state index contributed by atoms with van der Waals surface area (Å²) in [6, 6.07) is 21.0. The Morgan fingerprint density at radius 2 is 1.10 bits per heavy atom. The van der Waals surface area contributed by atoms with Gasteiger partial charge in [0, 0.05) is 16.7 Å². The maximum absolute atomic E-state index is 12.7. The van der Waals surface area contributed by atoms with Crippen LogP contribution in [-0.2, 0) is 5.41 Å². The molecule has 0 heterocycles. The van der Waals surface area contributed by atoms with E-state index in [1.54, 1.807) is 60.7 Å². The van der Waals surface area contributed by atoms with Gasteiger partial charge in [-0.05, 0) is 47.4 Å². The van der Waals surface area contributed by atoms with Crippen molar-refractivity contribution in [3.63, 3.8) is 0 Å². The van der Waals surface area contributed by atoms with E-state index in [0.29, 0.717) is 28.1 Å². The fraction of sp³-hybridized carbons (Fsp3) is 0.160. The number of carbonyl (C=O) groups excluding carboxylic acids is 2. The van der Waals surface area contributed by atoms with Crippen LogP contribution in [0.15, 0.2) is 72.8 Å². The molecular formula is C25H26N4O2. The van der Waals surface area contributed by atoms with Crippen molar-refractivity contribution in [2.75, 3.05) is 10.6 Å². The van der Waals surface area contributed by atoms with Crippen LogP contribution in [-0.4, -0.2) is 17.6 Å². The van der Waals surface area contributed by atoms with E-state index in [4.69, 9.17) is 11.1 Å². The SMILES string of the molecule is CC(C)(C)c1ccc(C(=O)Nc2ccccc2NC(=O)c2ccc(C(=N)N)cc2)cc1. The number of para-hydroxylation sites is 2. The molecular weight excluding hydrogens is 388 g/mol. The van der Waals surface area contributed by atoms with Crippen molar-refractivity contribution in [1.82, 2.24) is 0 Å². The van der Waals surface area contributed by atoms with Crippen LogP contribution in [0.4, 0.5) is 11.4 Å². The number of hydrogen-bond donors (Lipinski definition) is 4. The third-order valence-electron chi connectivity index (χ3n) is 4.89. The topological polar surface area (TPSA) is 108 Å². The number of benzene rings is 3. The highest BCUT2D eigenvalue weighted by molar-refractivity contribution is 6.10. The lowest BCUT2D eigenvalue weighted by Crippen LogP contribution is -2.17. The van der Waals surface area contributed by atoms with Crippen molar-refractivity contribution in [3.05, 3.63) is 95.1 Å². The van der Waals surface area contributed by atoms with Gasteiger partial charge in [0.05, 0.1) is 11.4 Å². The largest absolute Gasteiger partial charge is 0.384 e. The Balaban J connectivity index is 1.75. The predicted octanol–water partition coefficient (Wildman–Crippen LogP) is 4.77. The summed E-state index contributed by atoms with van der Waals surface area (Å²) in [5, 5.41) is 13.1. The van der Waals surface area contributed by atoms with Crippen LogP contribution in [0.2, 0.25) is 0 Å². The molecule has 6 nitrogen and oxygen atoms in total. The average molecular weight is 415 g/mol. The maximum Gasteiger partial charge on any atom is 0.255 e. The molecule has 0 aliphatic heterocycles. The van der Waals surface area contributed by atoms with Crippen molar-refractivity contribution in [2.24, 2.45) is 5.73 Å². The van der Waals surface area contributed by atoms with Gasteiger partial charge in [0.25, 0.3) is 11.8 Å². The van der Waals surface area contributed by atoms with Crippen molar-refractivity contribution in [2.45, 2.75) is 26.2 Å². The van der Waals surface area contributed by atoms with Crippen LogP contribution in [0.5, 0.6) is 0 Å². The van der Waals surface area contributed by atoms with Gasteiger partial charge in [-0.1, -0.05) is 57.2 Å². The Hall–Kier alpha value is -3.93. The number of amides is 2. The third-order valence-corrected chi connectivity index (χ3v) is 4.89. The molecule has 3 rings (SSSR count). The number of nitrogens with one attached hydrogen (secondary N) is 3. The minimum Gasteiger partial charge on any atom is -0.384 e. The molecule has 0 bridgehead atoms. The second-order valence-electron chi connectivity index (χ2n) is 8.27. The zero-order valence-corrected chi connectivity index (χ0v) is 17.8. The molecule has 0 saturated heterocycles. The van der Waals surface area contributed by atoms with Crippen LogP contribution in [0.25, 0.3) is 0 Å². The highest BCUT2D eigenvalue weighted by Gasteiger charge is 2.15. The molecule has 0 fully saturated rings. The Kier molecular flexibility index (Phi) is 6.20. The van der Waals surface area contributed by atoms with Crippen molar-refractivity contribution in [3.8, 4) is 0 Å². The van der Waals surface area contributed by atoms with Crippen LogP contribution in [0.3, 0.4) is 0 Å². The Bertz CT molecular complexity index is 1110. The summed E-state index contributed by atoms with van der Waals surface area (Å²) in [6.07, 6.45) is 0. The van der Waals surface area contributed by atoms with Gasteiger partial charge in [-0.3, -0.25) is 15.0 Å². The second kappa shape index (κ2) is 8.83. The summed E-state index contributed by atoms with van der Waals surface area (Å²) < 4.78 is 0. The second-order valence-corrected chi connectivity index (χ2v) is 8.27. The van der Waals surface area contributed by atoms with Crippen LogP contribution >= 0.6 is 0 Å². The van der Waals surface area contributed by atoms with E-state index in [1.165, 1.54) is 0 Å². The standard InChI is InChI=1S/C25H26N4O2/c1-25(2,3)19-14-12-18(13-15-19)24(31)29-21-7-5-4-6-20(21)28-23(30)17-10-8-16(9-11-17)22(26)27/h4-15H,1-3H3,(H3,26,27)(H,28,30)(H,29,31). The monoisotopic (exact) mass is 414 g/mol. The molecule has 0 aliphatic rings. The first kappa shape index (κ1) is 21.8. The quantitative estimate of drug-likeness (QED) is 0.357. The summed E-state index contributed by atoms with van der Waals surface area (Å²) in [5.74, 6) is -0.644. The minimum atomic E-state index is -0.327. The molecule has 0 aliphatic carbocycles. The summed E-state index contributed by atoms with van der Waals surface area (Å²) in [6.45, 7) is 6.36. The molecule has 2 amide bonds. The molecule has 31 heavy (non-hydrogen) atoms. The van der Waals surface area contributed by atoms with Gasteiger partial charge in [0.15, 0.2) is 0 Å². The van der Waals surface area contributed by atoms with E-state index in [0.717, 1.165) is 5.56 Å². The molecule has 0 saturated carbocycles. The summed E-state index contributed by atoms with van der Waals surface area (Å²) >= 11 is 0. The van der Waals surface area contributed by atoms with Gasteiger partial charge >= 0.3 is 0 Å². The van der Waals surface area contributed by atoms with Crippen molar-refractivity contribution < 1.29 is 9.59 Å². The predicted molar refractivity (Wildman–Crippen MR) is 125 cm³/mol. The first-order valence-corrected chi connectivity index (χ1v) is 9.92. The van der Waals surface area contributed by atoms with E-state index in [9.17, 15) is 9.59 Å².